The summed E-state index contributed by atoms with van der Waals surface area (Å²) in [5.41, 5.74) is 1.18. The molecular weight excluding hydrogens is 226 g/mol. The van der Waals surface area contributed by atoms with Gasteiger partial charge in [-0.25, -0.2) is 0 Å². The van der Waals surface area contributed by atoms with Crippen molar-refractivity contribution in [2.24, 2.45) is 17.8 Å². The third kappa shape index (κ3) is 2.08. The van der Waals surface area contributed by atoms with E-state index in [-0.39, 0.29) is 10.6 Å². The summed E-state index contributed by atoms with van der Waals surface area (Å²) in [5, 5.41) is 10.5. The predicted molar refractivity (Wildman–Crippen MR) is 71.0 cm³/mol. The van der Waals surface area contributed by atoms with Crippen LogP contribution >= 0.6 is 0 Å². The van der Waals surface area contributed by atoms with Crippen LogP contribution < -0.4 is 0 Å². The van der Waals surface area contributed by atoms with E-state index in [4.69, 9.17) is 0 Å². The molecule has 1 saturated carbocycles. The topological polar surface area (TPSA) is 43.1 Å². The Morgan fingerprint density at radius 1 is 1.17 bits per heavy atom. The van der Waals surface area contributed by atoms with Crippen molar-refractivity contribution in [1.29, 1.82) is 0 Å². The average molecular weight is 241 g/mol. The third-order valence-electron chi connectivity index (χ3n) is 3.97. The molecule has 1 aromatic rings. The number of nitro benzene ring substituents is 1. The molecule has 0 radical (unpaired) electrons. The second kappa shape index (κ2) is 4.41. The zero-order valence-electron chi connectivity index (χ0n) is 10.0. The van der Waals surface area contributed by atoms with E-state index >= 15 is 0 Å². The van der Waals surface area contributed by atoms with Crippen molar-refractivity contribution in [2.45, 2.75) is 12.8 Å². The van der Waals surface area contributed by atoms with E-state index in [1.807, 2.05) is 0 Å². The van der Waals surface area contributed by atoms with E-state index in [9.17, 15) is 10.1 Å². The fraction of sp³-hybridized carbons (Fsp3) is 0.333. The number of non-ortho nitro benzene ring substituents is 1. The first-order chi connectivity index (χ1) is 8.72. The fourth-order valence-corrected chi connectivity index (χ4v) is 2.99. The van der Waals surface area contributed by atoms with Gasteiger partial charge in [-0.3, -0.25) is 10.1 Å². The van der Waals surface area contributed by atoms with Crippen molar-refractivity contribution in [3.05, 3.63) is 58.2 Å². The minimum absolute atomic E-state index is 0.148. The van der Waals surface area contributed by atoms with E-state index in [1.54, 1.807) is 24.3 Å². The number of nitro groups is 1. The van der Waals surface area contributed by atoms with Crippen LogP contribution in [0.2, 0.25) is 0 Å². The lowest BCUT2D eigenvalue weighted by molar-refractivity contribution is -0.384. The summed E-state index contributed by atoms with van der Waals surface area (Å²) in [6.45, 7) is 0. The molecule has 0 aromatic heterocycles. The number of fused-ring (bicyclic) bond motifs is 2. The van der Waals surface area contributed by atoms with Gasteiger partial charge in [-0.15, -0.1) is 0 Å². The lowest BCUT2D eigenvalue weighted by Gasteiger charge is -2.12. The van der Waals surface area contributed by atoms with Gasteiger partial charge in [0.05, 0.1) is 4.92 Å². The fourth-order valence-electron chi connectivity index (χ4n) is 2.99. The standard InChI is InChI=1S/C15H15NO2/c17-16(18)15-7-3-11(4-8-15)1-5-13-9-12-2-6-14(13)10-12/h1-8,12-14H,9-10H2/b5-1+. The van der Waals surface area contributed by atoms with Crippen LogP contribution in [0.1, 0.15) is 18.4 Å². The van der Waals surface area contributed by atoms with E-state index in [2.05, 4.69) is 24.3 Å². The highest BCUT2D eigenvalue weighted by Crippen LogP contribution is 2.44. The molecule has 0 spiro atoms. The maximum atomic E-state index is 10.5. The highest BCUT2D eigenvalue weighted by atomic mass is 16.6. The van der Waals surface area contributed by atoms with Gasteiger partial charge in [-0.05, 0) is 48.3 Å². The highest BCUT2D eigenvalue weighted by molar-refractivity contribution is 5.52. The molecule has 92 valence electrons. The molecule has 1 aromatic carbocycles. The SMILES string of the molecule is O=[N+]([O-])c1ccc(/C=C/C2CC3C=CC2C3)cc1. The van der Waals surface area contributed by atoms with Gasteiger partial charge < -0.3 is 0 Å². The summed E-state index contributed by atoms with van der Waals surface area (Å²) in [6.07, 6.45) is 11.6. The second-order valence-electron chi connectivity index (χ2n) is 5.15. The molecule has 2 aliphatic carbocycles. The largest absolute Gasteiger partial charge is 0.269 e. The molecule has 0 saturated heterocycles. The van der Waals surface area contributed by atoms with Crippen LogP contribution in [0.15, 0.2) is 42.5 Å². The van der Waals surface area contributed by atoms with Crippen molar-refractivity contribution >= 4 is 11.8 Å². The molecule has 3 nitrogen and oxygen atoms in total. The van der Waals surface area contributed by atoms with Crippen molar-refractivity contribution in [1.82, 2.24) is 0 Å². The van der Waals surface area contributed by atoms with Gasteiger partial charge in [0.25, 0.3) is 5.69 Å². The minimum atomic E-state index is -0.367. The van der Waals surface area contributed by atoms with E-state index in [1.165, 1.54) is 12.8 Å². The summed E-state index contributed by atoms with van der Waals surface area (Å²) in [7, 11) is 0. The van der Waals surface area contributed by atoms with Crippen LogP contribution in [0.25, 0.3) is 6.08 Å². The predicted octanol–water partition coefficient (Wildman–Crippen LogP) is 3.82. The summed E-state index contributed by atoms with van der Waals surface area (Å²) in [4.78, 5) is 10.2. The second-order valence-corrected chi connectivity index (χ2v) is 5.15. The summed E-state index contributed by atoms with van der Waals surface area (Å²) in [6, 6.07) is 6.72. The van der Waals surface area contributed by atoms with E-state index in [0.29, 0.717) is 11.8 Å². The summed E-state index contributed by atoms with van der Waals surface area (Å²) >= 11 is 0. The molecule has 0 heterocycles. The Morgan fingerprint density at radius 3 is 2.50 bits per heavy atom. The average Bonchev–Trinajstić information content (AvgIpc) is 2.99. The molecule has 0 amide bonds. The van der Waals surface area contributed by atoms with E-state index in [0.717, 1.165) is 11.5 Å². The molecular formula is C15H15NO2. The number of allylic oxidation sites excluding steroid dienone is 3. The molecule has 3 rings (SSSR count). The van der Waals surface area contributed by atoms with Crippen molar-refractivity contribution < 1.29 is 4.92 Å². The zero-order chi connectivity index (χ0) is 12.5. The van der Waals surface area contributed by atoms with Gasteiger partial charge in [-0.2, -0.15) is 0 Å². The molecule has 1 fully saturated rings. The van der Waals surface area contributed by atoms with Gasteiger partial charge in [0, 0.05) is 12.1 Å². The maximum absolute atomic E-state index is 10.5. The van der Waals surface area contributed by atoms with Crippen molar-refractivity contribution in [2.75, 3.05) is 0 Å². The zero-order valence-corrected chi connectivity index (χ0v) is 10.0. The normalized spacial score (nSPS) is 29.2. The Labute approximate surface area is 106 Å². The molecule has 18 heavy (non-hydrogen) atoms. The van der Waals surface area contributed by atoms with Crippen LogP contribution in [0, 0.1) is 27.9 Å². The smallest absolute Gasteiger partial charge is 0.258 e. The first-order valence-corrected chi connectivity index (χ1v) is 6.33. The third-order valence-corrected chi connectivity index (χ3v) is 3.97. The first-order valence-electron chi connectivity index (χ1n) is 6.33. The Morgan fingerprint density at radius 2 is 1.94 bits per heavy atom. The number of nitrogens with zero attached hydrogens (tertiary/aromatic N) is 1. The quantitative estimate of drug-likeness (QED) is 0.458. The molecule has 3 heteroatoms. The number of hydrogen-bond donors (Lipinski definition) is 0. The molecule has 2 aliphatic rings. The number of rotatable bonds is 3. The van der Waals surface area contributed by atoms with Crippen LogP contribution in [-0.2, 0) is 0 Å². The molecule has 2 bridgehead atoms. The van der Waals surface area contributed by atoms with Gasteiger partial charge in [0.2, 0.25) is 0 Å². The number of benzene rings is 1. The van der Waals surface area contributed by atoms with Crippen LogP contribution in [0.5, 0.6) is 0 Å². The summed E-state index contributed by atoms with van der Waals surface area (Å²) < 4.78 is 0. The minimum Gasteiger partial charge on any atom is -0.258 e. The summed E-state index contributed by atoms with van der Waals surface area (Å²) in [5.74, 6) is 2.14. The van der Waals surface area contributed by atoms with Gasteiger partial charge in [0.1, 0.15) is 0 Å². The lowest BCUT2D eigenvalue weighted by atomic mass is 9.93. The number of hydrogen-bond acceptors (Lipinski definition) is 2. The molecule has 3 atom stereocenters. The Kier molecular flexibility index (Phi) is 2.74. The lowest BCUT2D eigenvalue weighted by Crippen LogP contribution is -2.02. The Hall–Kier alpha value is -1.90. The Bertz CT molecular complexity index is 516. The van der Waals surface area contributed by atoms with Gasteiger partial charge in [-0.1, -0.05) is 24.3 Å². The van der Waals surface area contributed by atoms with E-state index < -0.39 is 0 Å². The molecule has 0 N–H and O–H groups in total. The van der Waals surface area contributed by atoms with Crippen LogP contribution in [-0.4, -0.2) is 4.92 Å². The molecule has 0 aliphatic heterocycles. The van der Waals surface area contributed by atoms with Crippen LogP contribution in [0.4, 0.5) is 5.69 Å². The van der Waals surface area contributed by atoms with Crippen LogP contribution in [0.3, 0.4) is 0 Å². The van der Waals surface area contributed by atoms with Crippen molar-refractivity contribution in [3.8, 4) is 0 Å². The molecule has 3 unspecified atom stereocenters. The maximum Gasteiger partial charge on any atom is 0.269 e. The highest BCUT2D eigenvalue weighted by Gasteiger charge is 2.33. The van der Waals surface area contributed by atoms with Crippen molar-refractivity contribution in [3.63, 3.8) is 0 Å². The Balaban J connectivity index is 1.69. The van der Waals surface area contributed by atoms with Gasteiger partial charge >= 0.3 is 0 Å². The van der Waals surface area contributed by atoms with Gasteiger partial charge in [0.15, 0.2) is 0 Å². The first kappa shape index (κ1) is 11.2. The monoisotopic (exact) mass is 241 g/mol.